The van der Waals surface area contributed by atoms with E-state index in [1.807, 2.05) is 36.5 Å². The number of pyridine rings is 2. The van der Waals surface area contributed by atoms with Crippen molar-refractivity contribution in [2.75, 3.05) is 0 Å². The van der Waals surface area contributed by atoms with Gasteiger partial charge in [-0.15, -0.1) is 0 Å². The van der Waals surface area contributed by atoms with Crippen LogP contribution >= 0.6 is 0 Å². The normalized spacial score (nSPS) is 23.6. The first-order chi connectivity index (χ1) is 14.3. The molecular formula is C24H24N2O. The molecular weight excluding hydrogens is 332 g/mol. The molecule has 3 heteroatoms. The molecule has 1 atom stereocenters. The highest BCUT2D eigenvalue weighted by molar-refractivity contribution is 6.08. The Labute approximate surface area is 163 Å². The van der Waals surface area contributed by atoms with Crippen LogP contribution in [0, 0.1) is 0 Å². The Morgan fingerprint density at radius 3 is 2.78 bits per heavy atom. The Kier molecular flexibility index (Phi) is 3.24. The molecule has 0 aliphatic heterocycles. The third kappa shape index (κ3) is 2.82. The monoisotopic (exact) mass is 359 g/mol. The van der Waals surface area contributed by atoms with Crippen LogP contribution < -0.4 is 0 Å². The maximum Gasteiger partial charge on any atom is 0.227 e. The largest absolute Gasteiger partial charge is 0.437 e. The topological polar surface area (TPSA) is 38.9 Å². The molecule has 0 bridgehead atoms. The van der Waals surface area contributed by atoms with Gasteiger partial charge in [0.25, 0.3) is 0 Å². The van der Waals surface area contributed by atoms with E-state index in [2.05, 4.69) is 29.9 Å². The average molecular weight is 359 g/mol. The molecule has 0 N–H and O–H groups in total. The van der Waals surface area contributed by atoms with Crippen LogP contribution in [-0.4, -0.2) is 9.97 Å². The van der Waals surface area contributed by atoms with Gasteiger partial charge in [0.2, 0.25) is 5.71 Å². The fourth-order valence-electron chi connectivity index (χ4n) is 3.77. The lowest BCUT2D eigenvalue weighted by atomic mass is 10.0. The molecule has 1 unspecified atom stereocenters. The van der Waals surface area contributed by atoms with Gasteiger partial charge in [0.1, 0.15) is 5.58 Å². The summed E-state index contributed by atoms with van der Waals surface area (Å²) in [4.78, 5) is 9.26. The van der Waals surface area contributed by atoms with E-state index >= 15 is 0 Å². The average Bonchev–Trinajstić information content (AvgIpc) is 3.24. The van der Waals surface area contributed by atoms with Crippen molar-refractivity contribution in [3.63, 3.8) is 0 Å². The number of rotatable bonds is 3. The Morgan fingerprint density at radius 2 is 2.04 bits per heavy atom. The molecule has 1 fully saturated rings. The summed E-state index contributed by atoms with van der Waals surface area (Å²) in [6.45, 7) is 4.29. The van der Waals surface area contributed by atoms with E-state index in [-0.39, 0.29) is 0 Å². The van der Waals surface area contributed by atoms with Gasteiger partial charge < -0.3 is 4.42 Å². The molecule has 1 aromatic carbocycles. The van der Waals surface area contributed by atoms with Crippen molar-refractivity contribution in [1.29, 1.82) is 0 Å². The second-order valence-corrected chi connectivity index (χ2v) is 7.47. The summed E-state index contributed by atoms with van der Waals surface area (Å²) in [5.41, 5.74) is 4.54. The first-order valence-corrected chi connectivity index (χ1v) is 9.59. The molecule has 0 amide bonds. The second kappa shape index (κ2) is 6.49. The Hall–Kier alpha value is -2.68. The van der Waals surface area contributed by atoms with Crippen molar-refractivity contribution < 1.29 is 8.53 Å². The summed E-state index contributed by atoms with van der Waals surface area (Å²) >= 11 is 0. The maximum atomic E-state index is 8.78. The van der Waals surface area contributed by atoms with Gasteiger partial charge >= 0.3 is 0 Å². The highest BCUT2D eigenvalue weighted by Gasteiger charge is 2.20. The first kappa shape index (κ1) is 13.5. The third-order valence-corrected chi connectivity index (χ3v) is 5.34. The van der Waals surface area contributed by atoms with Crippen LogP contribution in [0.1, 0.15) is 66.7 Å². The summed E-state index contributed by atoms with van der Waals surface area (Å²) < 4.78 is 31.5. The number of hydrogen-bond donors (Lipinski definition) is 0. The third-order valence-electron chi connectivity index (χ3n) is 5.34. The van der Waals surface area contributed by atoms with Crippen molar-refractivity contribution >= 4 is 22.1 Å². The summed E-state index contributed by atoms with van der Waals surface area (Å²) in [5.74, 6) is -0.915. The van der Waals surface area contributed by atoms with Crippen LogP contribution in [0.4, 0.5) is 0 Å². The van der Waals surface area contributed by atoms with Gasteiger partial charge in [0, 0.05) is 38.2 Å². The van der Waals surface area contributed by atoms with Crippen molar-refractivity contribution in [1.82, 2.24) is 9.97 Å². The Bertz CT molecular complexity index is 1250. The SMILES string of the molecule is [2H]C1([2H])CCCC1([2H])c1ccc2c(n1)oc1c(-c3ccc(C(C)C)cn3)cccc12. The molecule has 27 heavy (non-hydrogen) atoms. The van der Waals surface area contributed by atoms with E-state index in [9.17, 15) is 0 Å². The zero-order valence-corrected chi connectivity index (χ0v) is 15.6. The second-order valence-electron chi connectivity index (χ2n) is 7.47. The molecule has 1 saturated carbocycles. The number of benzene rings is 1. The van der Waals surface area contributed by atoms with Crippen LogP contribution in [0.15, 0.2) is 53.1 Å². The minimum absolute atomic E-state index is 0.387. The van der Waals surface area contributed by atoms with Crippen molar-refractivity contribution in [3.05, 3.63) is 59.9 Å². The van der Waals surface area contributed by atoms with Gasteiger partial charge in [-0.3, -0.25) is 4.98 Å². The van der Waals surface area contributed by atoms with Crippen LogP contribution in [-0.2, 0) is 0 Å². The Balaban J connectivity index is 1.65. The minimum Gasteiger partial charge on any atom is -0.437 e. The fourth-order valence-corrected chi connectivity index (χ4v) is 3.77. The van der Waals surface area contributed by atoms with Crippen molar-refractivity contribution in [3.8, 4) is 11.3 Å². The molecule has 1 aliphatic carbocycles. The quantitative estimate of drug-likeness (QED) is 0.402. The molecule has 4 aromatic rings. The number of fused-ring (bicyclic) bond motifs is 3. The van der Waals surface area contributed by atoms with Gasteiger partial charge in [0.15, 0.2) is 0 Å². The Morgan fingerprint density at radius 1 is 1.11 bits per heavy atom. The summed E-state index contributed by atoms with van der Waals surface area (Å²) in [6.07, 6.45) is 1.87. The van der Waals surface area contributed by atoms with Crippen LogP contribution in [0.25, 0.3) is 33.3 Å². The summed E-state index contributed by atoms with van der Waals surface area (Å²) in [5, 5.41) is 1.82. The zero-order chi connectivity index (χ0) is 21.1. The van der Waals surface area contributed by atoms with E-state index in [1.54, 1.807) is 6.07 Å². The van der Waals surface area contributed by atoms with Gasteiger partial charge in [-0.25, -0.2) is 4.98 Å². The van der Waals surface area contributed by atoms with Gasteiger partial charge in [-0.2, -0.15) is 0 Å². The molecule has 1 aliphatic rings. The molecule has 0 saturated heterocycles. The number of furan rings is 1. The highest BCUT2D eigenvalue weighted by Crippen LogP contribution is 2.37. The zero-order valence-electron chi connectivity index (χ0n) is 18.6. The van der Waals surface area contributed by atoms with Crippen molar-refractivity contribution in [2.45, 2.75) is 51.3 Å². The predicted octanol–water partition coefficient (Wildman–Crippen LogP) is 6.82. The van der Waals surface area contributed by atoms with Crippen molar-refractivity contribution in [2.24, 2.45) is 0 Å². The van der Waals surface area contributed by atoms with Crippen LogP contribution in [0.3, 0.4) is 0 Å². The number of aromatic nitrogens is 2. The standard InChI is InChI=1S/C24H24N2O/c1-15(2)17-10-12-22(25-14-17)20-9-5-8-18-19-11-13-21(16-6-3-4-7-16)26-24(19)27-23(18)20/h5,8-16H,3-4,6-7H2,1-2H3/i6D2,16D. The highest BCUT2D eigenvalue weighted by atomic mass is 16.3. The number of para-hydroxylation sites is 1. The summed E-state index contributed by atoms with van der Waals surface area (Å²) in [7, 11) is 0. The predicted molar refractivity (Wildman–Crippen MR) is 110 cm³/mol. The fraction of sp³-hybridized carbons (Fsp3) is 0.333. The van der Waals surface area contributed by atoms with Gasteiger partial charge in [-0.05, 0) is 48.5 Å². The molecule has 136 valence electrons. The maximum absolute atomic E-state index is 8.78. The van der Waals surface area contributed by atoms with E-state index in [0.717, 1.165) is 27.6 Å². The number of hydrogen-bond acceptors (Lipinski definition) is 3. The molecule has 3 nitrogen and oxygen atoms in total. The lowest BCUT2D eigenvalue weighted by Gasteiger charge is -2.06. The number of nitrogens with zero attached hydrogens (tertiary/aromatic N) is 2. The molecule has 0 spiro atoms. The molecule has 5 rings (SSSR count). The van der Waals surface area contributed by atoms with Crippen LogP contribution in [0.2, 0.25) is 0 Å². The van der Waals surface area contributed by atoms with E-state index in [0.29, 0.717) is 36.6 Å². The lowest BCUT2D eigenvalue weighted by molar-refractivity contribution is 0.638. The van der Waals surface area contributed by atoms with E-state index in [1.165, 1.54) is 5.56 Å². The molecule has 3 aromatic heterocycles. The smallest absolute Gasteiger partial charge is 0.227 e. The van der Waals surface area contributed by atoms with E-state index in [4.69, 9.17) is 8.53 Å². The molecule has 0 radical (unpaired) electrons. The van der Waals surface area contributed by atoms with Crippen LogP contribution in [0.5, 0.6) is 0 Å². The van der Waals surface area contributed by atoms with Gasteiger partial charge in [-0.1, -0.05) is 44.9 Å². The minimum atomic E-state index is -1.59. The van der Waals surface area contributed by atoms with E-state index < -0.39 is 12.3 Å². The van der Waals surface area contributed by atoms with Gasteiger partial charge in [0.05, 0.1) is 5.69 Å². The molecule has 3 heterocycles. The summed E-state index contributed by atoms with van der Waals surface area (Å²) in [6, 6.07) is 13.8. The first-order valence-electron chi connectivity index (χ1n) is 11.1. The lowest BCUT2D eigenvalue weighted by Crippen LogP contribution is -1.95.